The van der Waals surface area contributed by atoms with Gasteiger partial charge in [0, 0.05) is 11.1 Å². The van der Waals surface area contributed by atoms with E-state index in [1.54, 1.807) is 0 Å². The number of Topliss-reactive ketones (excluding diaryl/α,β-unsaturated/α-hetero) is 1. The van der Waals surface area contributed by atoms with Crippen molar-refractivity contribution in [3.8, 4) is 11.5 Å². The highest BCUT2D eigenvalue weighted by Gasteiger charge is 2.14. The fraction of sp³-hybridized carbons (Fsp3) is 0.0625. The summed E-state index contributed by atoms with van der Waals surface area (Å²) in [5.74, 6) is -2.76. The minimum absolute atomic E-state index is 0.0553. The number of thioether (sulfide) groups is 1. The molecule has 0 atom stereocenters. The lowest BCUT2D eigenvalue weighted by Crippen LogP contribution is -2.03. The second kappa shape index (κ2) is 6.88. The van der Waals surface area contributed by atoms with Gasteiger partial charge in [-0.25, -0.2) is 13.2 Å². The van der Waals surface area contributed by atoms with E-state index in [1.165, 1.54) is 30.3 Å². The highest BCUT2D eigenvalue weighted by atomic mass is 32.2. The predicted molar refractivity (Wildman–Crippen MR) is 81.1 cm³/mol. The molecule has 3 aromatic rings. The fourth-order valence-corrected chi connectivity index (χ4v) is 2.52. The van der Waals surface area contributed by atoms with Crippen LogP contribution in [0.3, 0.4) is 0 Å². The number of nitrogens with zero attached hydrogens (tertiary/aromatic N) is 2. The normalized spacial score (nSPS) is 10.8. The van der Waals surface area contributed by atoms with E-state index in [0.717, 1.165) is 23.9 Å². The number of hydrogen-bond donors (Lipinski definition) is 0. The lowest BCUT2D eigenvalue weighted by Gasteiger charge is -2.00. The van der Waals surface area contributed by atoms with Crippen molar-refractivity contribution in [2.45, 2.75) is 5.22 Å². The summed E-state index contributed by atoms with van der Waals surface area (Å²) >= 11 is 0.972. The van der Waals surface area contributed by atoms with Crippen molar-refractivity contribution in [3.05, 3.63) is 65.5 Å². The van der Waals surface area contributed by atoms with Crippen LogP contribution in [0.4, 0.5) is 13.2 Å². The first-order chi connectivity index (χ1) is 11.5. The molecule has 2 aromatic carbocycles. The largest absolute Gasteiger partial charge is 0.411 e. The minimum Gasteiger partial charge on any atom is -0.411 e. The molecule has 0 saturated heterocycles. The first kappa shape index (κ1) is 16.3. The van der Waals surface area contributed by atoms with E-state index >= 15 is 0 Å². The zero-order valence-corrected chi connectivity index (χ0v) is 12.8. The van der Waals surface area contributed by atoms with Crippen LogP contribution in [0.15, 0.2) is 52.1 Å². The number of rotatable bonds is 5. The molecule has 3 rings (SSSR count). The van der Waals surface area contributed by atoms with E-state index in [0.29, 0.717) is 5.56 Å². The summed E-state index contributed by atoms with van der Waals surface area (Å²) in [6.07, 6.45) is 0. The van der Waals surface area contributed by atoms with Crippen molar-refractivity contribution < 1.29 is 22.4 Å². The zero-order valence-electron chi connectivity index (χ0n) is 12.0. The molecule has 8 heteroatoms. The molecule has 0 radical (unpaired) electrons. The molecular weight excluding hydrogens is 341 g/mol. The van der Waals surface area contributed by atoms with Crippen LogP contribution in [0.1, 0.15) is 10.4 Å². The highest BCUT2D eigenvalue weighted by Crippen LogP contribution is 2.24. The number of halogens is 3. The Hall–Kier alpha value is -2.61. The lowest BCUT2D eigenvalue weighted by molar-refractivity contribution is 0.102. The molecule has 4 nitrogen and oxygen atoms in total. The summed E-state index contributed by atoms with van der Waals surface area (Å²) < 4.78 is 44.2. The molecule has 0 spiro atoms. The molecule has 122 valence electrons. The Balaban J connectivity index is 1.65. The van der Waals surface area contributed by atoms with E-state index in [1.807, 2.05) is 0 Å². The number of benzene rings is 2. The molecule has 0 aliphatic heterocycles. The molecule has 1 aromatic heterocycles. The third-order valence-electron chi connectivity index (χ3n) is 3.07. The van der Waals surface area contributed by atoms with Gasteiger partial charge in [0.2, 0.25) is 5.89 Å². The molecule has 0 N–H and O–H groups in total. The fourth-order valence-electron chi connectivity index (χ4n) is 1.86. The summed E-state index contributed by atoms with van der Waals surface area (Å²) in [5.41, 5.74) is 0.599. The Bertz CT molecular complexity index is 881. The monoisotopic (exact) mass is 350 g/mol. The SMILES string of the molecule is O=C(CSc1nnc(-c2ccc(F)cc2)o1)c1ccc(F)c(F)c1. The summed E-state index contributed by atoms with van der Waals surface area (Å²) in [6, 6.07) is 8.45. The Kier molecular flexibility index (Phi) is 4.66. The van der Waals surface area contributed by atoms with Gasteiger partial charge in [-0.05, 0) is 42.5 Å². The Labute approximate surface area is 138 Å². The van der Waals surface area contributed by atoms with Crippen LogP contribution in [-0.4, -0.2) is 21.7 Å². The van der Waals surface area contributed by atoms with E-state index in [2.05, 4.69) is 10.2 Å². The molecule has 0 amide bonds. The number of aromatic nitrogens is 2. The predicted octanol–water partition coefficient (Wildman–Crippen LogP) is 4.13. The summed E-state index contributed by atoms with van der Waals surface area (Å²) in [6.45, 7) is 0. The van der Waals surface area contributed by atoms with Crippen LogP contribution in [0.5, 0.6) is 0 Å². The summed E-state index contributed by atoms with van der Waals surface area (Å²) in [7, 11) is 0. The van der Waals surface area contributed by atoms with E-state index in [9.17, 15) is 18.0 Å². The third-order valence-corrected chi connectivity index (χ3v) is 3.88. The van der Waals surface area contributed by atoms with Gasteiger partial charge in [-0.2, -0.15) is 0 Å². The number of hydrogen-bond acceptors (Lipinski definition) is 5. The van der Waals surface area contributed by atoms with E-state index in [-0.39, 0.29) is 28.2 Å². The van der Waals surface area contributed by atoms with Crippen molar-refractivity contribution in [2.75, 3.05) is 5.75 Å². The van der Waals surface area contributed by atoms with Crippen molar-refractivity contribution >= 4 is 17.5 Å². The topological polar surface area (TPSA) is 56.0 Å². The first-order valence-electron chi connectivity index (χ1n) is 6.73. The van der Waals surface area contributed by atoms with Gasteiger partial charge in [0.15, 0.2) is 17.4 Å². The molecule has 0 aliphatic rings. The van der Waals surface area contributed by atoms with Crippen LogP contribution < -0.4 is 0 Å². The van der Waals surface area contributed by atoms with Crippen LogP contribution in [0.2, 0.25) is 0 Å². The van der Waals surface area contributed by atoms with Gasteiger partial charge in [-0.1, -0.05) is 11.8 Å². The summed E-state index contributed by atoms with van der Waals surface area (Å²) in [5, 5.41) is 7.73. The van der Waals surface area contributed by atoms with Crippen molar-refractivity contribution in [1.82, 2.24) is 10.2 Å². The van der Waals surface area contributed by atoms with Gasteiger partial charge < -0.3 is 4.42 Å². The van der Waals surface area contributed by atoms with Crippen molar-refractivity contribution in [2.24, 2.45) is 0 Å². The molecule has 0 unspecified atom stereocenters. The van der Waals surface area contributed by atoms with Gasteiger partial charge in [0.25, 0.3) is 5.22 Å². The first-order valence-corrected chi connectivity index (χ1v) is 7.72. The van der Waals surface area contributed by atoms with Crippen LogP contribution in [0.25, 0.3) is 11.5 Å². The van der Waals surface area contributed by atoms with E-state index < -0.39 is 17.4 Å². The molecule has 1 heterocycles. The minimum atomic E-state index is -1.08. The summed E-state index contributed by atoms with van der Waals surface area (Å²) in [4.78, 5) is 12.0. The van der Waals surface area contributed by atoms with Gasteiger partial charge in [0.05, 0.1) is 5.75 Å². The van der Waals surface area contributed by atoms with Gasteiger partial charge in [0.1, 0.15) is 5.82 Å². The maximum Gasteiger partial charge on any atom is 0.277 e. The maximum absolute atomic E-state index is 13.1. The van der Waals surface area contributed by atoms with Gasteiger partial charge >= 0.3 is 0 Å². The average Bonchev–Trinajstić information content (AvgIpc) is 3.05. The van der Waals surface area contributed by atoms with Crippen molar-refractivity contribution in [3.63, 3.8) is 0 Å². The van der Waals surface area contributed by atoms with Crippen LogP contribution in [0, 0.1) is 17.5 Å². The quantitative estimate of drug-likeness (QED) is 0.512. The standard InChI is InChI=1S/C16H9F3N2O2S/c17-11-4-1-9(2-5-11)15-20-21-16(23-15)24-8-14(22)10-3-6-12(18)13(19)7-10/h1-7H,8H2. The van der Waals surface area contributed by atoms with E-state index in [4.69, 9.17) is 4.42 Å². The van der Waals surface area contributed by atoms with Gasteiger partial charge in [-0.3, -0.25) is 4.79 Å². The number of carbonyl (C=O) groups is 1. The van der Waals surface area contributed by atoms with Crippen LogP contribution in [-0.2, 0) is 0 Å². The maximum atomic E-state index is 13.1. The van der Waals surface area contributed by atoms with Crippen LogP contribution >= 0.6 is 11.8 Å². The number of ketones is 1. The smallest absolute Gasteiger partial charge is 0.277 e. The molecule has 0 aliphatic carbocycles. The highest BCUT2D eigenvalue weighted by molar-refractivity contribution is 7.99. The Morgan fingerprint density at radius 1 is 1.00 bits per heavy atom. The molecule has 0 fully saturated rings. The third kappa shape index (κ3) is 3.65. The second-order valence-electron chi connectivity index (χ2n) is 4.72. The Morgan fingerprint density at radius 2 is 1.75 bits per heavy atom. The molecule has 0 bridgehead atoms. The van der Waals surface area contributed by atoms with Gasteiger partial charge in [-0.15, -0.1) is 10.2 Å². The molecule has 0 saturated carbocycles. The lowest BCUT2D eigenvalue weighted by atomic mass is 10.1. The second-order valence-corrected chi connectivity index (χ2v) is 5.65. The zero-order chi connectivity index (χ0) is 17.1. The number of carbonyl (C=O) groups excluding carboxylic acids is 1. The molecular formula is C16H9F3N2O2S. The van der Waals surface area contributed by atoms with Crippen molar-refractivity contribution in [1.29, 1.82) is 0 Å². The Morgan fingerprint density at radius 3 is 2.46 bits per heavy atom. The molecule has 24 heavy (non-hydrogen) atoms. The average molecular weight is 350 g/mol.